The molecule has 3 rings (SSSR count). The molecular formula is C20H25N3O4. The number of carbonyl (C=O) groups is 4. The fraction of sp³-hybridized carbons (Fsp3) is 0.500. The van der Waals surface area contributed by atoms with E-state index >= 15 is 0 Å². The molecule has 27 heavy (non-hydrogen) atoms. The van der Waals surface area contributed by atoms with Crippen LogP contribution in [0.5, 0.6) is 0 Å². The van der Waals surface area contributed by atoms with Crippen molar-refractivity contribution in [2.75, 3.05) is 32.7 Å². The van der Waals surface area contributed by atoms with Crippen molar-refractivity contribution in [3.05, 3.63) is 35.4 Å². The fourth-order valence-corrected chi connectivity index (χ4v) is 3.49. The molecule has 0 N–H and O–H groups in total. The van der Waals surface area contributed by atoms with E-state index in [0.717, 1.165) is 4.90 Å². The minimum Gasteiger partial charge on any atom is -0.339 e. The van der Waals surface area contributed by atoms with E-state index in [1.807, 2.05) is 13.8 Å². The summed E-state index contributed by atoms with van der Waals surface area (Å²) in [6, 6.07) is 6.70. The third-order valence-electron chi connectivity index (χ3n) is 5.00. The molecule has 1 fully saturated rings. The Bertz CT molecular complexity index is 731. The molecule has 2 heterocycles. The maximum atomic E-state index is 12.5. The highest BCUT2D eigenvalue weighted by atomic mass is 16.2. The van der Waals surface area contributed by atoms with Crippen LogP contribution in [0.4, 0.5) is 0 Å². The largest absolute Gasteiger partial charge is 0.339 e. The van der Waals surface area contributed by atoms with Crippen LogP contribution in [-0.2, 0) is 9.59 Å². The van der Waals surface area contributed by atoms with E-state index in [0.29, 0.717) is 49.6 Å². The summed E-state index contributed by atoms with van der Waals surface area (Å²) in [6.45, 7) is 6.15. The van der Waals surface area contributed by atoms with Gasteiger partial charge in [0.1, 0.15) is 0 Å². The number of carbonyl (C=O) groups excluding carboxylic acids is 4. The summed E-state index contributed by atoms with van der Waals surface area (Å²) >= 11 is 0. The van der Waals surface area contributed by atoms with Gasteiger partial charge in [0.25, 0.3) is 11.8 Å². The molecule has 0 bridgehead atoms. The van der Waals surface area contributed by atoms with E-state index < -0.39 is 0 Å². The molecule has 4 amide bonds. The Kier molecular flexibility index (Phi) is 5.58. The molecule has 1 aromatic rings. The van der Waals surface area contributed by atoms with Gasteiger partial charge >= 0.3 is 0 Å². The van der Waals surface area contributed by atoms with Crippen LogP contribution >= 0.6 is 0 Å². The van der Waals surface area contributed by atoms with Gasteiger partial charge in [-0.15, -0.1) is 0 Å². The molecule has 0 aromatic heterocycles. The number of piperazine rings is 1. The summed E-state index contributed by atoms with van der Waals surface area (Å²) in [5, 5.41) is 0. The third kappa shape index (κ3) is 4.02. The van der Waals surface area contributed by atoms with Gasteiger partial charge in [-0.2, -0.15) is 0 Å². The molecule has 0 unspecified atom stereocenters. The van der Waals surface area contributed by atoms with Crippen LogP contribution in [0.15, 0.2) is 24.3 Å². The number of hydrogen-bond acceptors (Lipinski definition) is 4. The lowest BCUT2D eigenvalue weighted by molar-refractivity contribution is -0.140. The number of imide groups is 1. The summed E-state index contributed by atoms with van der Waals surface area (Å²) in [4.78, 5) is 53.9. The second-order valence-corrected chi connectivity index (χ2v) is 7.42. The number of nitrogens with zero attached hydrogens (tertiary/aromatic N) is 3. The maximum Gasteiger partial charge on any atom is 0.261 e. The van der Waals surface area contributed by atoms with E-state index in [1.54, 1.807) is 34.1 Å². The van der Waals surface area contributed by atoms with Crippen molar-refractivity contribution in [3.63, 3.8) is 0 Å². The standard InChI is InChI=1S/C20H25N3O4/c1-14(2)13-18(25)22-11-9-21(10-12-22)17(24)7-8-23-19(26)15-5-3-4-6-16(15)20(23)27/h3-6,14H,7-13H2,1-2H3. The summed E-state index contributed by atoms with van der Waals surface area (Å²) < 4.78 is 0. The fourth-order valence-electron chi connectivity index (χ4n) is 3.49. The van der Waals surface area contributed by atoms with Gasteiger partial charge in [-0.05, 0) is 18.1 Å². The number of benzene rings is 1. The van der Waals surface area contributed by atoms with E-state index in [2.05, 4.69) is 0 Å². The molecule has 1 aromatic carbocycles. The second-order valence-electron chi connectivity index (χ2n) is 7.42. The van der Waals surface area contributed by atoms with Gasteiger partial charge in [0, 0.05) is 45.6 Å². The molecule has 144 valence electrons. The van der Waals surface area contributed by atoms with E-state index in [1.165, 1.54) is 0 Å². The van der Waals surface area contributed by atoms with Crippen molar-refractivity contribution >= 4 is 23.6 Å². The van der Waals surface area contributed by atoms with Crippen molar-refractivity contribution in [3.8, 4) is 0 Å². The zero-order valence-electron chi connectivity index (χ0n) is 15.8. The van der Waals surface area contributed by atoms with Gasteiger partial charge in [0.15, 0.2) is 0 Å². The molecule has 0 radical (unpaired) electrons. The number of fused-ring (bicyclic) bond motifs is 1. The SMILES string of the molecule is CC(C)CC(=O)N1CCN(C(=O)CCN2C(=O)c3ccccc3C2=O)CC1. The highest BCUT2D eigenvalue weighted by molar-refractivity contribution is 6.21. The maximum absolute atomic E-state index is 12.5. The molecule has 7 heteroatoms. The minimum atomic E-state index is -0.340. The molecule has 0 atom stereocenters. The van der Waals surface area contributed by atoms with E-state index in [9.17, 15) is 19.2 Å². The Morgan fingerprint density at radius 3 is 1.85 bits per heavy atom. The topological polar surface area (TPSA) is 78.0 Å². The Hall–Kier alpha value is -2.70. The first-order chi connectivity index (χ1) is 12.9. The quantitative estimate of drug-likeness (QED) is 0.733. The monoisotopic (exact) mass is 371 g/mol. The molecule has 1 saturated heterocycles. The minimum absolute atomic E-state index is 0.0810. The van der Waals surface area contributed by atoms with Gasteiger partial charge < -0.3 is 9.80 Å². The van der Waals surface area contributed by atoms with Gasteiger partial charge in [-0.3, -0.25) is 24.1 Å². The van der Waals surface area contributed by atoms with Crippen LogP contribution in [-0.4, -0.2) is 71.1 Å². The first-order valence-electron chi connectivity index (χ1n) is 9.39. The normalized spacial score (nSPS) is 16.9. The number of hydrogen-bond donors (Lipinski definition) is 0. The Balaban J connectivity index is 1.49. The first kappa shape index (κ1) is 19.1. The zero-order chi connectivity index (χ0) is 19.6. The lowest BCUT2D eigenvalue weighted by Gasteiger charge is -2.35. The van der Waals surface area contributed by atoms with Gasteiger partial charge in [0.05, 0.1) is 11.1 Å². The second kappa shape index (κ2) is 7.90. The van der Waals surface area contributed by atoms with Crippen LogP contribution < -0.4 is 0 Å². The molecule has 2 aliphatic rings. The zero-order valence-corrected chi connectivity index (χ0v) is 15.8. The predicted octanol–water partition coefficient (Wildman–Crippen LogP) is 1.39. The van der Waals surface area contributed by atoms with E-state index in [-0.39, 0.29) is 36.6 Å². The lowest BCUT2D eigenvalue weighted by atomic mass is 10.1. The molecular weight excluding hydrogens is 346 g/mol. The highest BCUT2D eigenvalue weighted by Gasteiger charge is 2.35. The van der Waals surface area contributed by atoms with Crippen LogP contribution in [0.2, 0.25) is 0 Å². The van der Waals surface area contributed by atoms with Crippen molar-refractivity contribution in [2.24, 2.45) is 5.92 Å². The van der Waals surface area contributed by atoms with Crippen LogP contribution in [0.1, 0.15) is 47.4 Å². The average molecular weight is 371 g/mol. The smallest absolute Gasteiger partial charge is 0.261 e. The van der Waals surface area contributed by atoms with Crippen molar-refractivity contribution in [1.29, 1.82) is 0 Å². The average Bonchev–Trinajstić information content (AvgIpc) is 2.90. The van der Waals surface area contributed by atoms with Crippen LogP contribution in [0.3, 0.4) is 0 Å². The number of amides is 4. The van der Waals surface area contributed by atoms with Crippen molar-refractivity contribution in [2.45, 2.75) is 26.7 Å². The lowest BCUT2D eigenvalue weighted by Crippen LogP contribution is -2.51. The summed E-state index contributed by atoms with van der Waals surface area (Å²) in [5.74, 6) is -0.331. The Morgan fingerprint density at radius 1 is 0.889 bits per heavy atom. The van der Waals surface area contributed by atoms with Gasteiger partial charge in [0.2, 0.25) is 11.8 Å². The van der Waals surface area contributed by atoms with Crippen LogP contribution in [0.25, 0.3) is 0 Å². The predicted molar refractivity (Wildman–Crippen MR) is 99.0 cm³/mol. The molecule has 0 saturated carbocycles. The summed E-state index contributed by atoms with van der Waals surface area (Å²) in [6.07, 6.45) is 0.624. The van der Waals surface area contributed by atoms with Crippen LogP contribution in [0, 0.1) is 5.92 Å². The first-order valence-corrected chi connectivity index (χ1v) is 9.39. The van der Waals surface area contributed by atoms with Gasteiger partial charge in [-0.1, -0.05) is 26.0 Å². The highest BCUT2D eigenvalue weighted by Crippen LogP contribution is 2.22. The molecule has 0 spiro atoms. The Labute approximate surface area is 158 Å². The summed E-state index contributed by atoms with van der Waals surface area (Å²) in [5.41, 5.74) is 0.791. The van der Waals surface area contributed by atoms with Crippen molar-refractivity contribution < 1.29 is 19.2 Å². The number of rotatable bonds is 5. The third-order valence-corrected chi connectivity index (χ3v) is 5.00. The van der Waals surface area contributed by atoms with E-state index in [4.69, 9.17) is 0 Å². The molecule has 2 aliphatic heterocycles. The molecule has 7 nitrogen and oxygen atoms in total. The van der Waals surface area contributed by atoms with Gasteiger partial charge in [-0.25, -0.2) is 0 Å². The molecule has 0 aliphatic carbocycles. The summed E-state index contributed by atoms with van der Waals surface area (Å²) in [7, 11) is 0. The van der Waals surface area contributed by atoms with Crippen molar-refractivity contribution in [1.82, 2.24) is 14.7 Å². The Morgan fingerprint density at radius 2 is 1.37 bits per heavy atom.